The van der Waals surface area contributed by atoms with Gasteiger partial charge in [0.05, 0.1) is 19.8 Å². The van der Waals surface area contributed by atoms with Gasteiger partial charge in [0.1, 0.15) is 6.04 Å². The molecule has 2 amide bonds. The van der Waals surface area contributed by atoms with E-state index >= 15 is 0 Å². The minimum Gasteiger partial charge on any atom is -0.480 e. The number of ether oxygens (including phenoxy) is 2. The van der Waals surface area contributed by atoms with Crippen LogP contribution >= 0.6 is 0 Å². The lowest BCUT2D eigenvalue weighted by Gasteiger charge is -2.25. The number of carboxylic acids is 1. The van der Waals surface area contributed by atoms with E-state index in [1.807, 2.05) is 19.1 Å². The number of hydrogen-bond acceptors (Lipinski definition) is 5. The lowest BCUT2D eigenvalue weighted by atomic mass is 9.99. The van der Waals surface area contributed by atoms with Crippen molar-refractivity contribution in [2.75, 3.05) is 18.5 Å². The van der Waals surface area contributed by atoms with Crippen molar-refractivity contribution in [2.45, 2.75) is 44.4 Å². The summed E-state index contributed by atoms with van der Waals surface area (Å²) in [5, 5.41) is 12.3. The van der Waals surface area contributed by atoms with Crippen LogP contribution in [0.5, 0.6) is 0 Å². The number of carbonyl (C=O) groups excluding carboxylic acids is 2. The van der Waals surface area contributed by atoms with Crippen molar-refractivity contribution in [1.82, 2.24) is 4.90 Å². The van der Waals surface area contributed by atoms with Gasteiger partial charge in [0.25, 0.3) is 5.91 Å². The standard InChI is InChI=1S/C18H22N2O6/c1-2-3-8-25-17(24)20-11-18(9-14(20)15(21)22)16(23)19-13-7-5-4-6-12(13)10-26-18/h4-7,14H,2-3,8-11H2,1H3,(H,19,23)(H,21,22). The van der Waals surface area contributed by atoms with E-state index in [0.29, 0.717) is 12.1 Å². The van der Waals surface area contributed by atoms with Crippen LogP contribution in [0.4, 0.5) is 10.5 Å². The number of carbonyl (C=O) groups is 3. The SMILES string of the molecule is CCCCOC(=O)N1CC2(CC1C(=O)O)OCc1ccccc1NC2=O. The third-order valence-electron chi connectivity index (χ3n) is 4.75. The Labute approximate surface area is 151 Å². The first-order valence-electron chi connectivity index (χ1n) is 8.66. The summed E-state index contributed by atoms with van der Waals surface area (Å²) < 4.78 is 11.0. The van der Waals surface area contributed by atoms with Crippen molar-refractivity contribution in [1.29, 1.82) is 0 Å². The fourth-order valence-electron chi connectivity index (χ4n) is 3.23. The smallest absolute Gasteiger partial charge is 0.410 e. The second-order valence-corrected chi connectivity index (χ2v) is 6.55. The molecule has 1 aromatic carbocycles. The van der Waals surface area contributed by atoms with Crippen LogP contribution in [0.1, 0.15) is 31.7 Å². The second kappa shape index (κ2) is 7.33. The molecule has 2 aliphatic rings. The summed E-state index contributed by atoms with van der Waals surface area (Å²) in [5.74, 6) is -1.63. The molecule has 2 unspecified atom stereocenters. The van der Waals surface area contributed by atoms with E-state index in [9.17, 15) is 19.5 Å². The van der Waals surface area contributed by atoms with Gasteiger partial charge < -0.3 is 19.9 Å². The van der Waals surface area contributed by atoms with Crippen molar-refractivity contribution >= 4 is 23.7 Å². The van der Waals surface area contributed by atoms with Gasteiger partial charge in [0, 0.05) is 17.7 Å². The van der Waals surface area contributed by atoms with E-state index < -0.39 is 29.6 Å². The predicted molar refractivity (Wildman–Crippen MR) is 91.6 cm³/mol. The first-order chi connectivity index (χ1) is 12.5. The molecular weight excluding hydrogens is 340 g/mol. The number of para-hydroxylation sites is 1. The van der Waals surface area contributed by atoms with Gasteiger partial charge in [0.2, 0.25) is 0 Å². The summed E-state index contributed by atoms with van der Waals surface area (Å²) in [6.45, 7) is 2.17. The maximum Gasteiger partial charge on any atom is 0.410 e. The fourth-order valence-corrected chi connectivity index (χ4v) is 3.23. The summed E-state index contributed by atoms with van der Waals surface area (Å²) in [7, 11) is 0. The lowest BCUT2D eigenvalue weighted by molar-refractivity contribution is -0.143. The molecule has 2 heterocycles. The van der Waals surface area contributed by atoms with Gasteiger partial charge in [-0.25, -0.2) is 9.59 Å². The molecule has 8 heteroatoms. The van der Waals surface area contributed by atoms with Crippen LogP contribution < -0.4 is 5.32 Å². The first-order valence-corrected chi connectivity index (χ1v) is 8.66. The van der Waals surface area contributed by atoms with Crippen molar-refractivity contribution in [3.05, 3.63) is 29.8 Å². The number of hydrogen-bond donors (Lipinski definition) is 2. The van der Waals surface area contributed by atoms with Gasteiger partial charge >= 0.3 is 12.1 Å². The largest absolute Gasteiger partial charge is 0.480 e. The molecule has 1 fully saturated rings. The summed E-state index contributed by atoms with van der Waals surface area (Å²) in [5.41, 5.74) is 0.0186. The Morgan fingerprint density at radius 3 is 2.92 bits per heavy atom. The lowest BCUT2D eigenvalue weighted by Crippen LogP contribution is -2.47. The highest BCUT2D eigenvalue weighted by atomic mass is 16.6. The molecular formula is C18H22N2O6. The maximum atomic E-state index is 12.8. The Morgan fingerprint density at radius 1 is 1.42 bits per heavy atom. The molecule has 26 heavy (non-hydrogen) atoms. The average molecular weight is 362 g/mol. The van der Waals surface area contributed by atoms with Gasteiger partial charge in [-0.15, -0.1) is 0 Å². The van der Waals surface area contributed by atoms with E-state index in [1.165, 1.54) is 0 Å². The number of nitrogens with one attached hydrogen (secondary N) is 1. The van der Waals surface area contributed by atoms with Crippen LogP contribution in [0.25, 0.3) is 0 Å². The number of likely N-dealkylation sites (tertiary alicyclic amines) is 1. The molecule has 8 nitrogen and oxygen atoms in total. The van der Waals surface area contributed by atoms with E-state index in [-0.39, 0.29) is 26.2 Å². The minimum absolute atomic E-state index is 0.120. The Kier molecular flexibility index (Phi) is 5.13. The van der Waals surface area contributed by atoms with Crippen molar-refractivity contribution in [3.8, 4) is 0 Å². The number of carboxylic acid groups (broad SMARTS) is 1. The molecule has 0 saturated carbocycles. The molecule has 2 aliphatic heterocycles. The van der Waals surface area contributed by atoms with Crippen molar-refractivity contribution < 1.29 is 29.0 Å². The highest BCUT2D eigenvalue weighted by Crippen LogP contribution is 2.36. The van der Waals surface area contributed by atoms with E-state index in [0.717, 1.165) is 16.9 Å². The van der Waals surface area contributed by atoms with E-state index in [4.69, 9.17) is 9.47 Å². The van der Waals surface area contributed by atoms with Crippen molar-refractivity contribution in [2.24, 2.45) is 0 Å². The Morgan fingerprint density at radius 2 is 2.19 bits per heavy atom. The molecule has 3 rings (SSSR count). The van der Waals surface area contributed by atoms with Crippen LogP contribution in [0.3, 0.4) is 0 Å². The zero-order valence-corrected chi connectivity index (χ0v) is 14.6. The van der Waals surface area contributed by atoms with E-state index in [2.05, 4.69) is 5.32 Å². The van der Waals surface area contributed by atoms with Gasteiger partial charge in [-0.3, -0.25) is 9.69 Å². The summed E-state index contributed by atoms with van der Waals surface area (Å²) in [4.78, 5) is 37.8. The Balaban J connectivity index is 1.81. The second-order valence-electron chi connectivity index (χ2n) is 6.55. The van der Waals surface area contributed by atoms with Gasteiger partial charge in [-0.05, 0) is 12.5 Å². The Bertz CT molecular complexity index is 721. The normalized spacial score (nSPS) is 24.7. The van der Waals surface area contributed by atoms with Gasteiger partial charge in [0.15, 0.2) is 5.60 Å². The third kappa shape index (κ3) is 3.37. The molecule has 1 spiro atoms. The number of benzene rings is 1. The van der Waals surface area contributed by atoms with Crippen LogP contribution in [-0.4, -0.2) is 52.8 Å². The van der Waals surface area contributed by atoms with Crippen molar-refractivity contribution in [3.63, 3.8) is 0 Å². The summed E-state index contributed by atoms with van der Waals surface area (Å²) >= 11 is 0. The molecule has 0 aliphatic carbocycles. The maximum absolute atomic E-state index is 12.8. The molecule has 2 atom stereocenters. The molecule has 0 bridgehead atoms. The highest BCUT2D eigenvalue weighted by Gasteiger charge is 2.55. The fraction of sp³-hybridized carbons (Fsp3) is 0.500. The van der Waals surface area contributed by atoms with E-state index in [1.54, 1.807) is 12.1 Å². The number of unbranched alkanes of at least 4 members (excludes halogenated alkanes) is 1. The number of nitrogens with zero attached hydrogens (tertiary/aromatic N) is 1. The molecule has 0 radical (unpaired) electrons. The number of anilines is 1. The van der Waals surface area contributed by atoms with Gasteiger partial charge in [-0.1, -0.05) is 31.5 Å². The molecule has 1 saturated heterocycles. The monoisotopic (exact) mass is 362 g/mol. The number of aliphatic carboxylic acids is 1. The summed E-state index contributed by atoms with van der Waals surface area (Å²) in [6, 6.07) is 6.04. The van der Waals surface area contributed by atoms with Gasteiger partial charge in [-0.2, -0.15) is 0 Å². The number of fused-ring (bicyclic) bond motifs is 1. The quantitative estimate of drug-likeness (QED) is 0.794. The molecule has 0 aromatic heterocycles. The minimum atomic E-state index is -1.41. The predicted octanol–water partition coefficient (Wildman–Crippen LogP) is 1.99. The molecule has 2 N–H and O–H groups in total. The molecule has 1 aromatic rings. The van der Waals surface area contributed by atoms with Crippen LogP contribution in [0, 0.1) is 0 Å². The molecule has 140 valence electrons. The Hall–Kier alpha value is -2.61. The summed E-state index contributed by atoms with van der Waals surface area (Å²) in [6.07, 6.45) is 0.684. The number of rotatable bonds is 4. The first kappa shape index (κ1) is 18.2. The highest BCUT2D eigenvalue weighted by molar-refractivity contribution is 6.00. The average Bonchev–Trinajstić information content (AvgIpc) is 2.96. The zero-order chi connectivity index (χ0) is 18.7. The topological polar surface area (TPSA) is 105 Å². The number of amides is 2. The third-order valence-corrected chi connectivity index (χ3v) is 4.75. The zero-order valence-electron chi connectivity index (χ0n) is 14.6. The van der Waals surface area contributed by atoms with Crippen LogP contribution in [0.2, 0.25) is 0 Å². The van der Waals surface area contributed by atoms with Crippen LogP contribution in [-0.2, 0) is 25.7 Å². The van der Waals surface area contributed by atoms with Crippen LogP contribution in [0.15, 0.2) is 24.3 Å².